The fraction of sp³-hybridized carbons (Fsp3) is 0.400. The predicted octanol–water partition coefficient (Wildman–Crippen LogP) is 1.11. The number of fused-ring (bicyclic) bond motifs is 1. The van der Waals surface area contributed by atoms with Crippen molar-refractivity contribution in [2.75, 3.05) is 26.7 Å². The number of carbonyl (C=O) groups excluding carboxylic acids is 1. The summed E-state index contributed by atoms with van der Waals surface area (Å²) in [5.41, 5.74) is 2.43. The highest BCUT2D eigenvalue weighted by molar-refractivity contribution is 5.83. The van der Waals surface area contributed by atoms with Gasteiger partial charge in [-0.2, -0.15) is 0 Å². The Kier molecular flexibility index (Phi) is 3.71. The summed E-state index contributed by atoms with van der Waals surface area (Å²) in [7, 11) is 1.64. The van der Waals surface area contributed by atoms with E-state index in [2.05, 4.69) is 39.5 Å². The first-order valence-electron chi connectivity index (χ1n) is 6.88. The normalized spacial score (nSPS) is 20.1. The average Bonchev–Trinajstić information content (AvgIpc) is 2.96. The number of hydrogen-bond donors (Lipinski definition) is 2. The first-order valence-corrected chi connectivity index (χ1v) is 6.88. The molecule has 0 radical (unpaired) electrons. The van der Waals surface area contributed by atoms with Crippen molar-refractivity contribution in [1.82, 2.24) is 15.2 Å². The van der Waals surface area contributed by atoms with Gasteiger partial charge in [0.1, 0.15) is 6.10 Å². The number of hydrogen-bond acceptors (Lipinski definition) is 3. The molecule has 1 amide bonds. The van der Waals surface area contributed by atoms with Crippen LogP contribution < -0.4 is 5.32 Å². The van der Waals surface area contributed by atoms with Crippen molar-refractivity contribution in [2.45, 2.75) is 12.6 Å². The lowest BCUT2D eigenvalue weighted by molar-refractivity contribution is -0.138. The third kappa shape index (κ3) is 2.55. The van der Waals surface area contributed by atoms with Crippen LogP contribution in [0.25, 0.3) is 10.9 Å². The maximum absolute atomic E-state index is 11.7. The zero-order valence-corrected chi connectivity index (χ0v) is 11.6. The number of benzene rings is 1. The highest BCUT2D eigenvalue weighted by Crippen LogP contribution is 2.20. The van der Waals surface area contributed by atoms with Gasteiger partial charge in [0.2, 0.25) is 5.91 Å². The van der Waals surface area contributed by atoms with Gasteiger partial charge in [-0.15, -0.1) is 0 Å². The number of carbonyl (C=O) groups is 1. The van der Waals surface area contributed by atoms with E-state index >= 15 is 0 Å². The molecule has 106 valence electrons. The van der Waals surface area contributed by atoms with Crippen LogP contribution in [0.4, 0.5) is 0 Å². The number of amides is 1. The lowest BCUT2D eigenvalue weighted by atomic mass is 10.1. The molecule has 0 aliphatic carbocycles. The second-order valence-corrected chi connectivity index (χ2v) is 5.06. The number of H-pyrrole nitrogens is 1. The second-order valence-electron chi connectivity index (χ2n) is 5.06. The average molecular weight is 273 g/mol. The maximum atomic E-state index is 11.7. The van der Waals surface area contributed by atoms with Crippen molar-refractivity contribution in [1.29, 1.82) is 0 Å². The Labute approximate surface area is 117 Å². The first-order chi connectivity index (χ1) is 9.78. The Morgan fingerprint density at radius 2 is 2.40 bits per heavy atom. The Morgan fingerprint density at radius 1 is 1.50 bits per heavy atom. The van der Waals surface area contributed by atoms with Crippen molar-refractivity contribution >= 4 is 16.8 Å². The third-order valence-electron chi connectivity index (χ3n) is 3.77. The molecule has 0 saturated carbocycles. The van der Waals surface area contributed by atoms with E-state index in [4.69, 9.17) is 4.74 Å². The number of likely N-dealkylation sites (N-methyl/N-ethyl adjacent to an activating group) is 1. The molecule has 1 aliphatic rings. The molecule has 1 atom stereocenters. The number of ether oxygens (including phenoxy) is 1. The van der Waals surface area contributed by atoms with Gasteiger partial charge in [0.15, 0.2) is 0 Å². The van der Waals surface area contributed by atoms with Crippen molar-refractivity contribution in [3.8, 4) is 0 Å². The molecule has 3 rings (SSSR count). The first kappa shape index (κ1) is 13.1. The molecule has 1 aliphatic heterocycles. The molecule has 0 spiro atoms. The van der Waals surface area contributed by atoms with Crippen LogP contribution in [-0.2, 0) is 16.1 Å². The zero-order chi connectivity index (χ0) is 13.9. The van der Waals surface area contributed by atoms with Crippen LogP contribution in [0.3, 0.4) is 0 Å². The van der Waals surface area contributed by atoms with Gasteiger partial charge in [-0.25, -0.2) is 0 Å². The molecule has 1 aromatic carbocycles. The molecule has 20 heavy (non-hydrogen) atoms. The van der Waals surface area contributed by atoms with Gasteiger partial charge in [0.05, 0.1) is 6.61 Å². The molecule has 2 N–H and O–H groups in total. The molecule has 1 aromatic heterocycles. The molecule has 1 fully saturated rings. The molecular formula is C15H19N3O2. The predicted molar refractivity (Wildman–Crippen MR) is 77.4 cm³/mol. The smallest absolute Gasteiger partial charge is 0.250 e. The highest BCUT2D eigenvalue weighted by atomic mass is 16.5. The summed E-state index contributed by atoms with van der Waals surface area (Å²) >= 11 is 0. The monoisotopic (exact) mass is 273 g/mol. The van der Waals surface area contributed by atoms with E-state index in [-0.39, 0.29) is 12.0 Å². The van der Waals surface area contributed by atoms with Gasteiger partial charge in [-0.3, -0.25) is 9.69 Å². The topological polar surface area (TPSA) is 57.4 Å². The minimum Gasteiger partial charge on any atom is -0.366 e. The molecule has 0 bridgehead atoms. The molecule has 2 aromatic rings. The van der Waals surface area contributed by atoms with Crippen LogP contribution in [-0.4, -0.2) is 48.6 Å². The van der Waals surface area contributed by atoms with Gasteiger partial charge in [0, 0.05) is 43.8 Å². The molecule has 5 heteroatoms. The van der Waals surface area contributed by atoms with Crippen LogP contribution in [0.5, 0.6) is 0 Å². The van der Waals surface area contributed by atoms with Crippen molar-refractivity contribution in [2.24, 2.45) is 0 Å². The van der Waals surface area contributed by atoms with Crippen LogP contribution in [0, 0.1) is 0 Å². The summed E-state index contributed by atoms with van der Waals surface area (Å²) in [5.74, 6) is -0.0467. The Morgan fingerprint density at radius 3 is 3.25 bits per heavy atom. The van der Waals surface area contributed by atoms with E-state index in [0.717, 1.165) is 18.6 Å². The second kappa shape index (κ2) is 5.64. The van der Waals surface area contributed by atoms with E-state index in [0.29, 0.717) is 13.2 Å². The Hall–Kier alpha value is -1.85. The number of rotatable bonds is 3. The molecule has 0 unspecified atom stereocenters. The number of aromatic nitrogens is 1. The van der Waals surface area contributed by atoms with Crippen molar-refractivity contribution in [3.63, 3.8) is 0 Å². The van der Waals surface area contributed by atoms with Gasteiger partial charge in [-0.1, -0.05) is 12.1 Å². The largest absolute Gasteiger partial charge is 0.366 e. The Balaban J connectivity index is 1.74. The van der Waals surface area contributed by atoms with Gasteiger partial charge in [0.25, 0.3) is 0 Å². The Bertz CT molecular complexity index is 608. The van der Waals surface area contributed by atoms with Crippen LogP contribution in [0.15, 0.2) is 30.5 Å². The maximum Gasteiger partial charge on any atom is 0.250 e. The van der Waals surface area contributed by atoms with E-state index in [1.165, 1.54) is 10.9 Å². The van der Waals surface area contributed by atoms with E-state index in [1.54, 1.807) is 7.05 Å². The minimum absolute atomic E-state index is 0.0467. The quantitative estimate of drug-likeness (QED) is 0.881. The lowest BCUT2D eigenvalue weighted by Gasteiger charge is -2.32. The summed E-state index contributed by atoms with van der Waals surface area (Å²) in [6.45, 7) is 2.93. The lowest BCUT2D eigenvalue weighted by Crippen LogP contribution is -2.48. The van der Waals surface area contributed by atoms with Crippen LogP contribution >= 0.6 is 0 Å². The summed E-state index contributed by atoms with van der Waals surface area (Å²) in [6.07, 6.45) is 1.60. The van der Waals surface area contributed by atoms with Crippen LogP contribution in [0.1, 0.15) is 5.56 Å². The number of nitrogens with one attached hydrogen (secondary N) is 2. The minimum atomic E-state index is -0.362. The summed E-state index contributed by atoms with van der Waals surface area (Å²) < 4.78 is 5.51. The highest BCUT2D eigenvalue weighted by Gasteiger charge is 2.25. The molecular weight excluding hydrogens is 254 g/mol. The van der Waals surface area contributed by atoms with E-state index in [9.17, 15) is 4.79 Å². The van der Waals surface area contributed by atoms with Gasteiger partial charge < -0.3 is 15.0 Å². The van der Waals surface area contributed by atoms with E-state index in [1.807, 2.05) is 6.20 Å². The van der Waals surface area contributed by atoms with Crippen molar-refractivity contribution < 1.29 is 9.53 Å². The SMILES string of the molecule is CNC(=O)[C@H]1CN(Cc2cccc3[nH]ccc23)CCO1. The van der Waals surface area contributed by atoms with Gasteiger partial charge in [-0.05, 0) is 17.7 Å². The van der Waals surface area contributed by atoms with E-state index < -0.39 is 0 Å². The molecule has 1 saturated heterocycles. The fourth-order valence-corrected chi connectivity index (χ4v) is 2.70. The molecule has 2 heterocycles. The van der Waals surface area contributed by atoms with Gasteiger partial charge >= 0.3 is 0 Å². The zero-order valence-electron chi connectivity index (χ0n) is 11.6. The van der Waals surface area contributed by atoms with Crippen LogP contribution in [0.2, 0.25) is 0 Å². The third-order valence-corrected chi connectivity index (χ3v) is 3.77. The number of nitrogens with zero attached hydrogens (tertiary/aromatic N) is 1. The summed E-state index contributed by atoms with van der Waals surface area (Å²) in [5, 5.41) is 3.89. The standard InChI is InChI=1S/C15H19N3O2/c1-16-15(19)14-10-18(7-8-20-14)9-11-3-2-4-13-12(11)5-6-17-13/h2-6,14,17H,7-10H2,1H3,(H,16,19)/t14-/m1/s1. The molecule has 5 nitrogen and oxygen atoms in total. The van der Waals surface area contributed by atoms with Crippen molar-refractivity contribution in [3.05, 3.63) is 36.0 Å². The number of aromatic amines is 1. The summed E-state index contributed by atoms with van der Waals surface area (Å²) in [6, 6.07) is 8.37. The number of morpholine rings is 1. The summed E-state index contributed by atoms with van der Waals surface area (Å²) in [4.78, 5) is 17.2. The fourth-order valence-electron chi connectivity index (χ4n) is 2.70.